The Morgan fingerprint density at radius 2 is 0.930 bits per heavy atom. The molecule has 0 radical (unpaired) electrons. The number of likely N-dealkylation sites (N-methyl/N-ethyl adjacent to an activating group) is 3. The zero-order chi connectivity index (χ0) is 43.2. The van der Waals surface area contributed by atoms with E-state index >= 15 is 0 Å². The van der Waals surface area contributed by atoms with E-state index in [0.717, 1.165) is 54.8 Å². The first-order chi connectivity index (χ1) is 25.5. The van der Waals surface area contributed by atoms with E-state index in [1.807, 2.05) is 62.6 Å². The molecular formula is C42H76BrLiN6O4Si3. The van der Waals surface area contributed by atoms with Gasteiger partial charge in [0.1, 0.15) is 17.4 Å². The van der Waals surface area contributed by atoms with E-state index in [-0.39, 0.29) is 39.7 Å². The Bertz CT molecular complexity index is 1460. The van der Waals surface area contributed by atoms with E-state index in [2.05, 4.69) is 148 Å². The molecule has 1 N–H and O–H groups in total. The molecule has 0 atom stereocenters. The zero-order valence-electron chi connectivity index (χ0n) is 39.2. The van der Waals surface area contributed by atoms with Gasteiger partial charge in [-0.2, -0.15) is 6.07 Å². The summed E-state index contributed by atoms with van der Waals surface area (Å²) in [5.74, 6) is 2.97. The van der Waals surface area contributed by atoms with Crippen LogP contribution < -0.4 is 33.6 Å². The second kappa shape index (κ2) is 23.9. The van der Waals surface area contributed by atoms with Crippen LogP contribution in [-0.2, 0) is 13.3 Å². The van der Waals surface area contributed by atoms with Crippen LogP contribution in [-0.4, -0.2) is 106 Å². The molecule has 0 bridgehead atoms. The minimum atomic E-state index is -1.67. The van der Waals surface area contributed by atoms with Crippen LogP contribution in [0.25, 0.3) is 0 Å². The number of halogens is 1. The topological polar surface area (TPSA) is 96.3 Å². The standard InChI is InChI=1S/C14H25BrN2OSi.C14H26N2O2Si.C14H25N2OSi.Li/c1-14(2,3)19(5,6)18-10-9-17(4)13-8-7-12(15)11-16-13;1-14(2,3)19(5,6)18-10-9-16(4)13-8-7-12(17)11-15-13;1-14(2,3)18(5,6)17-12-11-16(4)13-9-7-8-10-15-13;/h7-8,11H,9-10H2,1-6H3;7-8,11,17H,9-10H2,1-6H3;7,9-10H,11-12H2,1-6H3;/q;;-1;+1. The third-order valence-electron chi connectivity index (χ3n) is 11.3. The summed E-state index contributed by atoms with van der Waals surface area (Å²) in [5, 5.41) is 9.98. The Hall–Kier alpha value is -1.74. The molecule has 0 unspecified atom stereocenters. The van der Waals surface area contributed by atoms with Crippen molar-refractivity contribution in [2.75, 3.05) is 75.3 Å². The molecule has 10 nitrogen and oxygen atoms in total. The van der Waals surface area contributed by atoms with Crippen molar-refractivity contribution in [2.24, 2.45) is 0 Å². The molecule has 3 rings (SSSR count). The number of rotatable bonds is 15. The summed E-state index contributed by atoms with van der Waals surface area (Å²) in [5.41, 5.74) is 0. The van der Waals surface area contributed by atoms with Gasteiger partial charge in [-0.15, -0.1) is 0 Å². The summed E-state index contributed by atoms with van der Waals surface area (Å²) in [6.07, 6.45) is 4.97. The van der Waals surface area contributed by atoms with Gasteiger partial charge in [0, 0.05) is 57.3 Å². The van der Waals surface area contributed by atoms with E-state index in [1.54, 1.807) is 12.3 Å². The van der Waals surface area contributed by atoms with Crippen molar-refractivity contribution in [1.82, 2.24) is 15.0 Å². The monoisotopic (exact) mass is 898 g/mol. The second-order valence-electron chi connectivity index (χ2n) is 18.9. The number of pyridine rings is 3. The van der Waals surface area contributed by atoms with Gasteiger partial charge in [0.25, 0.3) is 0 Å². The van der Waals surface area contributed by atoms with Crippen LogP contribution in [0.1, 0.15) is 62.3 Å². The van der Waals surface area contributed by atoms with Crippen LogP contribution in [0.3, 0.4) is 0 Å². The molecule has 3 aromatic heterocycles. The molecule has 0 aromatic carbocycles. The maximum Gasteiger partial charge on any atom is 1.00 e. The van der Waals surface area contributed by atoms with Gasteiger partial charge < -0.3 is 33.1 Å². The summed E-state index contributed by atoms with van der Waals surface area (Å²) in [7, 11) is 1.14. The number of hydrogen-bond acceptors (Lipinski definition) is 10. The first kappa shape index (κ1) is 55.3. The van der Waals surface area contributed by atoms with Crippen molar-refractivity contribution in [3.8, 4) is 5.75 Å². The van der Waals surface area contributed by atoms with Crippen molar-refractivity contribution < 1.29 is 37.2 Å². The SMILES string of the molecule is CN(CCO[Si](C)(C)C(C)(C)C)c1cc[c-]cn1.CN(CCO[Si](C)(C)C(C)(C)C)c1ccc(Br)cn1.CN(CCO[Si](C)(C)C(C)(C)C)c1ccc(O)cn1.[Li+]. The molecular weight excluding hydrogens is 824 g/mol. The number of nitrogens with zero attached hydrogens (tertiary/aromatic N) is 6. The normalized spacial score (nSPS) is 12.3. The molecule has 57 heavy (non-hydrogen) atoms. The summed E-state index contributed by atoms with van der Waals surface area (Å²) >= 11 is 3.39. The summed E-state index contributed by atoms with van der Waals surface area (Å²) < 4.78 is 19.4. The molecule has 0 spiro atoms. The fourth-order valence-electron chi connectivity index (χ4n) is 4.04. The zero-order valence-corrected chi connectivity index (χ0v) is 43.8. The van der Waals surface area contributed by atoms with Crippen LogP contribution in [0, 0.1) is 6.07 Å². The first-order valence-corrected chi connectivity index (χ1v) is 29.2. The molecule has 0 amide bonds. The number of hydrogen-bond donors (Lipinski definition) is 1. The molecule has 0 aliphatic heterocycles. The van der Waals surface area contributed by atoms with Gasteiger partial charge in [0.05, 0.1) is 26.0 Å². The smallest absolute Gasteiger partial charge is 0.506 e. The fourth-order valence-corrected chi connectivity index (χ4v) is 7.38. The Morgan fingerprint density at radius 1 is 0.579 bits per heavy atom. The molecule has 0 saturated carbocycles. The summed E-state index contributed by atoms with van der Waals surface area (Å²) in [6.45, 7) is 38.7. The Kier molecular flexibility index (Phi) is 23.2. The molecule has 3 aromatic rings. The van der Waals surface area contributed by atoms with Crippen LogP contribution in [0.5, 0.6) is 5.75 Å². The molecule has 15 heteroatoms. The Morgan fingerprint density at radius 3 is 1.21 bits per heavy atom. The predicted octanol–water partition coefficient (Wildman–Crippen LogP) is 7.89. The largest absolute Gasteiger partial charge is 1.00 e. The summed E-state index contributed by atoms with van der Waals surface area (Å²) in [4.78, 5) is 19.1. The van der Waals surface area contributed by atoms with E-state index in [9.17, 15) is 5.11 Å². The first-order valence-electron chi connectivity index (χ1n) is 19.6. The average Bonchev–Trinajstić information content (AvgIpc) is 3.08. The Balaban J connectivity index is 0.000000818. The maximum atomic E-state index is 9.21. The van der Waals surface area contributed by atoms with Gasteiger partial charge >= 0.3 is 18.9 Å². The Labute approximate surface area is 371 Å². The van der Waals surface area contributed by atoms with Crippen LogP contribution in [0.4, 0.5) is 17.5 Å². The second-order valence-corrected chi connectivity index (χ2v) is 34.3. The van der Waals surface area contributed by atoms with Crippen molar-refractivity contribution in [2.45, 2.75) is 117 Å². The molecule has 0 aliphatic carbocycles. The van der Waals surface area contributed by atoms with E-state index in [4.69, 9.17) is 13.3 Å². The van der Waals surface area contributed by atoms with Gasteiger partial charge in [0.2, 0.25) is 0 Å². The maximum absolute atomic E-state index is 9.21. The van der Waals surface area contributed by atoms with Crippen LogP contribution in [0.15, 0.2) is 59.5 Å². The fraction of sp³-hybridized carbons (Fsp3) is 0.643. The molecule has 0 saturated heterocycles. The van der Waals surface area contributed by atoms with Crippen LogP contribution >= 0.6 is 15.9 Å². The number of aromatic nitrogens is 3. The van der Waals surface area contributed by atoms with Gasteiger partial charge in [0.15, 0.2) is 25.0 Å². The van der Waals surface area contributed by atoms with Crippen molar-refractivity contribution in [3.05, 3.63) is 65.5 Å². The molecule has 0 aliphatic rings. The summed E-state index contributed by atoms with van der Waals surface area (Å²) in [6, 6.07) is 14.2. The minimum absolute atomic E-state index is 0. The van der Waals surface area contributed by atoms with E-state index < -0.39 is 25.0 Å². The van der Waals surface area contributed by atoms with Crippen molar-refractivity contribution >= 4 is 58.3 Å². The van der Waals surface area contributed by atoms with E-state index in [1.165, 1.54) is 6.20 Å². The molecule has 0 fully saturated rings. The minimum Gasteiger partial charge on any atom is -0.506 e. The van der Waals surface area contributed by atoms with Gasteiger partial charge in [-0.25, -0.2) is 22.1 Å². The van der Waals surface area contributed by atoms with E-state index in [0.29, 0.717) is 6.61 Å². The molecule has 318 valence electrons. The predicted molar refractivity (Wildman–Crippen MR) is 250 cm³/mol. The van der Waals surface area contributed by atoms with Crippen molar-refractivity contribution in [3.63, 3.8) is 0 Å². The average molecular weight is 900 g/mol. The van der Waals surface area contributed by atoms with Crippen LogP contribution in [0.2, 0.25) is 54.4 Å². The van der Waals surface area contributed by atoms with Gasteiger partial charge in [-0.1, -0.05) is 68.5 Å². The number of anilines is 3. The quantitative estimate of drug-likeness (QED) is 0.120. The van der Waals surface area contributed by atoms with Gasteiger partial charge in [-0.05, 0) is 94.6 Å². The van der Waals surface area contributed by atoms with Gasteiger partial charge in [-0.3, -0.25) is 4.98 Å². The molecule has 3 heterocycles. The third kappa shape index (κ3) is 19.9. The van der Waals surface area contributed by atoms with Crippen molar-refractivity contribution in [1.29, 1.82) is 0 Å². The number of aromatic hydroxyl groups is 1. The third-order valence-corrected chi connectivity index (χ3v) is 25.4.